The third kappa shape index (κ3) is 5.64. The van der Waals surface area contributed by atoms with Crippen molar-refractivity contribution in [1.82, 2.24) is 15.5 Å². The van der Waals surface area contributed by atoms with Crippen molar-refractivity contribution in [3.8, 4) is 11.5 Å². The van der Waals surface area contributed by atoms with Gasteiger partial charge < -0.3 is 20.1 Å². The highest BCUT2D eigenvalue weighted by molar-refractivity contribution is 14.0. The van der Waals surface area contributed by atoms with Gasteiger partial charge >= 0.3 is 0 Å². The molecule has 1 aromatic carbocycles. The molecule has 2 N–H and O–H groups in total. The van der Waals surface area contributed by atoms with Crippen molar-refractivity contribution < 1.29 is 9.47 Å². The predicted octanol–water partition coefficient (Wildman–Crippen LogP) is 2.47. The molecule has 1 saturated carbocycles. The number of halogens is 1. The average molecular weight is 474 g/mol. The standard InChI is InChI=1S/C19H30N4O2.HI/c1-13-7-18(13)22-19(20-2)21-15-5-6-23(12-15)11-14-8-16(24-3)10-17(9-14)25-4;/h8-10,13,15,18H,5-7,11-12H2,1-4H3,(H2,20,21,22);1H. The molecule has 2 fully saturated rings. The van der Waals surface area contributed by atoms with Crippen molar-refractivity contribution >= 4 is 29.9 Å². The minimum absolute atomic E-state index is 0. The first-order valence-electron chi connectivity index (χ1n) is 9.05. The van der Waals surface area contributed by atoms with Crippen LogP contribution >= 0.6 is 24.0 Å². The van der Waals surface area contributed by atoms with Crippen LogP contribution in [0.1, 0.15) is 25.3 Å². The van der Waals surface area contributed by atoms with Gasteiger partial charge in [-0.3, -0.25) is 9.89 Å². The normalized spacial score (nSPS) is 25.4. The smallest absolute Gasteiger partial charge is 0.191 e. The Morgan fingerprint density at radius 1 is 1.19 bits per heavy atom. The number of methoxy groups -OCH3 is 2. The molecule has 7 heteroatoms. The van der Waals surface area contributed by atoms with Crippen molar-refractivity contribution in [2.75, 3.05) is 34.4 Å². The lowest BCUT2D eigenvalue weighted by molar-refractivity contribution is 0.321. The molecule has 1 aromatic rings. The topological polar surface area (TPSA) is 58.1 Å². The van der Waals surface area contributed by atoms with Gasteiger partial charge in [0, 0.05) is 44.8 Å². The molecular weight excluding hydrogens is 443 g/mol. The van der Waals surface area contributed by atoms with E-state index in [1.165, 1.54) is 12.0 Å². The molecule has 0 spiro atoms. The molecule has 26 heavy (non-hydrogen) atoms. The molecule has 0 amide bonds. The maximum absolute atomic E-state index is 5.37. The van der Waals surface area contributed by atoms with Crippen molar-refractivity contribution in [2.24, 2.45) is 10.9 Å². The lowest BCUT2D eigenvalue weighted by atomic mass is 10.2. The van der Waals surface area contributed by atoms with Gasteiger partial charge in [-0.2, -0.15) is 0 Å². The number of nitrogens with zero attached hydrogens (tertiary/aromatic N) is 2. The summed E-state index contributed by atoms with van der Waals surface area (Å²) in [5.41, 5.74) is 1.21. The van der Waals surface area contributed by atoms with E-state index >= 15 is 0 Å². The van der Waals surface area contributed by atoms with Crippen LogP contribution in [0.5, 0.6) is 11.5 Å². The van der Waals surface area contributed by atoms with Crippen LogP contribution in [0.15, 0.2) is 23.2 Å². The van der Waals surface area contributed by atoms with E-state index in [0.29, 0.717) is 12.1 Å². The second-order valence-corrected chi connectivity index (χ2v) is 7.12. The van der Waals surface area contributed by atoms with Crippen LogP contribution in [0.25, 0.3) is 0 Å². The summed E-state index contributed by atoms with van der Waals surface area (Å²) in [6, 6.07) is 7.10. The van der Waals surface area contributed by atoms with Gasteiger partial charge in [0.15, 0.2) is 5.96 Å². The van der Waals surface area contributed by atoms with Gasteiger partial charge in [-0.05, 0) is 36.5 Å². The van der Waals surface area contributed by atoms with Crippen molar-refractivity contribution in [3.05, 3.63) is 23.8 Å². The molecule has 3 unspecified atom stereocenters. The molecule has 0 bridgehead atoms. The predicted molar refractivity (Wildman–Crippen MR) is 116 cm³/mol. The Balaban J connectivity index is 0.00000243. The van der Waals surface area contributed by atoms with Gasteiger partial charge in [0.1, 0.15) is 11.5 Å². The number of aliphatic imine (C=N–C) groups is 1. The van der Waals surface area contributed by atoms with E-state index < -0.39 is 0 Å². The molecule has 3 atom stereocenters. The van der Waals surface area contributed by atoms with Crippen LogP contribution in [-0.2, 0) is 6.54 Å². The fourth-order valence-electron chi connectivity index (χ4n) is 3.37. The van der Waals surface area contributed by atoms with E-state index in [2.05, 4.69) is 39.6 Å². The average Bonchev–Trinajstić information content (AvgIpc) is 3.13. The van der Waals surface area contributed by atoms with E-state index in [1.807, 2.05) is 13.1 Å². The quantitative estimate of drug-likeness (QED) is 0.377. The largest absolute Gasteiger partial charge is 0.497 e. The minimum Gasteiger partial charge on any atom is -0.497 e. The monoisotopic (exact) mass is 474 g/mol. The summed E-state index contributed by atoms with van der Waals surface area (Å²) >= 11 is 0. The van der Waals surface area contributed by atoms with Crippen LogP contribution in [0.3, 0.4) is 0 Å². The summed E-state index contributed by atoms with van der Waals surface area (Å²) < 4.78 is 10.7. The number of hydrogen-bond donors (Lipinski definition) is 2. The fraction of sp³-hybridized carbons (Fsp3) is 0.632. The van der Waals surface area contributed by atoms with Gasteiger partial charge in [-0.1, -0.05) is 6.92 Å². The highest BCUT2D eigenvalue weighted by atomic mass is 127. The number of rotatable bonds is 6. The molecular formula is C19H31IN4O2. The van der Waals surface area contributed by atoms with Gasteiger partial charge in [0.05, 0.1) is 14.2 Å². The van der Waals surface area contributed by atoms with Crippen LogP contribution in [0.4, 0.5) is 0 Å². The van der Waals surface area contributed by atoms with Gasteiger partial charge in [-0.25, -0.2) is 0 Å². The summed E-state index contributed by atoms with van der Waals surface area (Å²) in [4.78, 5) is 6.82. The fourth-order valence-corrected chi connectivity index (χ4v) is 3.37. The molecule has 2 aliphatic rings. The third-order valence-electron chi connectivity index (χ3n) is 5.09. The van der Waals surface area contributed by atoms with Crippen LogP contribution < -0.4 is 20.1 Å². The van der Waals surface area contributed by atoms with E-state index in [9.17, 15) is 0 Å². The molecule has 1 aliphatic heterocycles. The Labute approximate surface area is 173 Å². The first-order valence-corrected chi connectivity index (χ1v) is 9.05. The van der Waals surface area contributed by atoms with Gasteiger partial charge in [-0.15, -0.1) is 24.0 Å². The van der Waals surface area contributed by atoms with Gasteiger partial charge in [0.25, 0.3) is 0 Å². The Morgan fingerprint density at radius 2 is 1.85 bits per heavy atom. The van der Waals surface area contributed by atoms with E-state index in [1.54, 1.807) is 14.2 Å². The number of nitrogens with one attached hydrogen (secondary N) is 2. The second-order valence-electron chi connectivity index (χ2n) is 7.12. The van der Waals surface area contributed by atoms with E-state index in [0.717, 1.165) is 49.4 Å². The number of ether oxygens (including phenoxy) is 2. The van der Waals surface area contributed by atoms with E-state index in [4.69, 9.17) is 9.47 Å². The molecule has 0 radical (unpaired) electrons. The number of likely N-dealkylation sites (tertiary alicyclic amines) is 1. The summed E-state index contributed by atoms with van der Waals surface area (Å²) in [6.45, 7) is 5.26. The Kier molecular flexibility index (Phi) is 7.82. The van der Waals surface area contributed by atoms with Crippen molar-refractivity contribution in [3.63, 3.8) is 0 Å². The maximum Gasteiger partial charge on any atom is 0.191 e. The Morgan fingerprint density at radius 3 is 2.38 bits per heavy atom. The Bertz CT molecular complexity index is 603. The molecule has 0 aromatic heterocycles. The van der Waals surface area contributed by atoms with Crippen molar-refractivity contribution in [2.45, 2.75) is 38.4 Å². The number of guanidine groups is 1. The third-order valence-corrected chi connectivity index (χ3v) is 5.09. The molecule has 1 aliphatic carbocycles. The molecule has 3 rings (SSSR count). The zero-order valence-corrected chi connectivity index (χ0v) is 18.4. The van der Waals surface area contributed by atoms with Crippen LogP contribution in [0.2, 0.25) is 0 Å². The van der Waals surface area contributed by atoms with Crippen molar-refractivity contribution in [1.29, 1.82) is 0 Å². The number of hydrogen-bond acceptors (Lipinski definition) is 4. The summed E-state index contributed by atoms with van der Waals surface area (Å²) in [7, 11) is 5.22. The van der Waals surface area contributed by atoms with Gasteiger partial charge in [0.2, 0.25) is 0 Å². The lowest BCUT2D eigenvalue weighted by Crippen LogP contribution is -2.45. The highest BCUT2D eigenvalue weighted by Gasteiger charge is 2.34. The SMILES string of the molecule is CN=C(NC1CCN(Cc2cc(OC)cc(OC)c2)C1)NC1CC1C.I. The summed E-state index contributed by atoms with van der Waals surface area (Å²) in [5, 5.41) is 7.07. The summed E-state index contributed by atoms with van der Waals surface area (Å²) in [6.07, 6.45) is 2.37. The molecule has 6 nitrogen and oxygen atoms in total. The number of benzene rings is 1. The summed E-state index contributed by atoms with van der Waals surface area (Å²) in [5.74, 6) is 3.38. The Hall–Kier alpha value is -1.22. The molecule has 146 valence electrons. The zero-order chi connectivity index (χ0) is 17.8. The zero-order valence-electron chi connectivity index (χ0n) is 16.1. The molecule has 1 heterocycles. The second kappa shape index (κ2) is 9.64. The maximum atomic E-state index is 5.37. The first kappa shape index (κ1) is 21.1. The van der Waals surface area contributed by atoms with E-state index in [-0.39, 0.29) is 24.0 Å². The molecule has 1 saturated heterocycles. The van der Waals surface area contributed by atoms with Crippen LogP contribution in [0, 0.1) is 5.92 Å². The lowest BCUT2D eigenvalue weighted by Gasteiger charge is -2.19. The highest BCUT2D eigenvalue weighted by Crippen LogP contribution is 2.29. The first-order chi connectivity index (χ1) is 12.1. The van der Waals surface area contributed by atoms with Crippen LogP contribution in [-0.4, -0.2) is 57.3 Å². The minimum atomic E-state index is 0.